The van der Waals surface area contributed by atoms with E-state index in [4.69, 9.17) is 4.74 Å². The van der Waals surface area contributed by atoms with Gasteiger partial charge in [0.25, 0.3) is 0 Å². The van der Waals surface area contributed by atoms with Gasteiger partial charge in [-0.2, -0.15) is 0 Å². The molecule has 0 aromatic heterocycles. The summed E-state index contributed by atoms with van der Waals surface area (Å²) < 4.78 is 6.01. The molecule has 2 aromatic carbocycles. The highest BCUT2D eigenvalue weighted by molar-refractivity contribution is 5.29. The molecule has 0 aliphatic rings. The van der Waals surface area contributed by atoms with Crippen LogP contribution in [0.2, 0.25) is 0 Å². The van der Waals surface area contributed by atoms with Gasteiger partial charge in [0.2, 0.25) is 0 Å². The standard InChI is InChI=1S/C19H20O/c1-2-3-4-11-16-19(17-12-7-5-8-13-17)20-18-14-9-6-10-15-18/h5-10,12-15,19H,2-4H2,1H3. The van der Waals surface area contributed by atoms with Crippen LogP contribution in [0.3, 0.4) is 0 Å². The predicted octanol–water partition coefficient (Wildman–Crippen LogP) is 5.00. The zero-order chi connectivity index (χ0) is 14.0. The van der Waals surface area contributed by atoms with E-state index in [9.17, 15) is 0 Å². The first-order valence-electron chi connectivity index (χ1n) is 7.15. The predicted molar refractivity (Wildman–Crippen MR) is 83.6 cm³/mol. The third-order valence-corrected chi connectivity index (χ3v) is 2.99. The molecule has 0 spiro atoms. The van der Waals surface area contributed by atoms with E-state index < -0.39 is 0 Å². The Morgan fingerprint density at radius 2 is 1.60 bits per heavy atom. The minimum atomic E-state index is -0.199. The number of hydrogen-bond acceptors (Lipinski definition) is 1. The van der Waals surface area contributed by atoms with Crippen molar-refractivity contribution in [2.75, 3.05) is 0 Å². The van der Waals surface area contributed by atoms with E-state index in [1.807, 2.05) is 48.5 Å². The molecular formula is C19H20O. The molecule has 0 aliphatic heterocycles. The molecule has 0 saturated carbocycles. The quantitative estimate of drug-likeness (QED) is 0.545. The molecule has 102 valence electrons. The fourth-order valence-electron chi connectivity index (χ4n) is 1.87. The van der Waals surface area contributed by atoms with Crippen LogP contribution in [0.15, 0.2) is 60.7 Å². The molecule has 0 aliphatic carbocycles. The Morgan fingerprint density at radius 3 is 2.25 bits per heavy atom. The van der Waals surface area contributed by atoms with Crippen LogP contribution >= 0.6 is 0 Å². The van der Waals surface area contributed by atoms with Gasteiger partial charge in [-0.3, -0.25) is 0 Å². The van der Waals surface area contributed by atoms with E-state index in [0.717, 1.165) is 24.2 Å². The van der Waals surface area contributed by atoms with Gasteiger partial charge in [-0.05, 0) is 18.6 Å². The van der Waals surface area contributed by atoms with Gasteiger partial charge in [-0.1, -0.05) is 73.7 Å². The lowest BCUT2D eigenvalue weighted by molar-refractivity contribution is 0.265. The highest BCUT2D eigenvalue weighted by atomic mass is 16.5. The van der Waals surface area contributed by atoms with E-state index in [-0.39, 0.29) is 6.10 Å². The van der Waals surface area contributed by atoms with Gasteiger partial charge in [-0.15, -0.1) is 0 Å². The van der Waals surface area contributed by atoms with Crippen molar-refractivity contribution in [3.05, 3.63) is 66.2 Å². The molecule has 0 fully saturated rings. The molecule has 0 N–H and O–H groups in total. The first-order chi connectivity index (χ1) is 9.90. The number of benzene rings is 2. The van der Waals surface area contributed by atoms with Crippen LogP contribution in [0.5, 0.6) is 5.75 Å². The van der Waals surface area contributed by atoms with Crippen molar-refractivity contribution in [2.24, 2.45) is 0 Å². The largest absolute Gasteiger partial charge is 0.473 e. The van der Waals surface area contributed by atoms with Gasteiger partial charge >= 0.3 is 0 Å². The second kappa shape index (κ2) is 8.07. The summed E-state index contributed by atoms with van der Waals surface area (Å²) in [5, 5.41) is 0. The summed E-state index contributed by atoms with van der Waals surface area (Å²) in [5.41, 5.74) is 1.10. The van der Waals surface area contributed by atoms with Crippen molar-refractivity contribution in [2.45, 2.75) is 32.3 Å². The van der Waals surface area contributed by atoms with Crippen molar-refractivity contribution < 1.29 is 4.74 Å². The maximum atomic E-state index is 6.01. The lowest BCUT2D eigenvalue weighted by atomic mass is 10.1. The lowest BCUT2D eigenvalue weighted by Crippen LogP contribution is -2.05. The second-order valence-corrected chi connectivity index (χ2v) is 4.65. The van der Waals surface area contributed by atoms with Gasteiger partial charge in [0.1, 0.15) is 5.75 Å². The number of hydrogen-bond donors (Lipinski definition) is 0. The minimum Gasteiger partial charge on any atom is -0.473 e. The Labute approximate surface area is 121 Å². The number of rotatable bonds is 5. The smallest absolute Gasteiger partial charge is 0.184 e. The summed E-state index contributed by atoms with van der Waals surface area (Å²) in [5.74, 6) is 7.33. The molecule has 2 aromatic rings. The first kappa shape index (κ1) is 14.2. The molecule has 1 atom stereocenters. The third kappa shape index (κ3) is 4.48. The molecule has 0 amide bonds. The summed E-state index contributed by atoms with van der Waals surface area (Å²) in [4.78, 5) is 0. The average molecular weight is 264 g/mol. The Hall–Kier alpha value is -2.20. The first-order valence-corrected chi connectivity index (χ1v) is 7.15. The zero-order valence-corrected chi connectivity index (χ0v) is 11.9. The van der Waals surface area contributed by atoms with Gasteiger partial charge in [-0.25, -0.2) is 0 Å². The Kier molecular flexibility index (Phi) is 5.73. The van der Waals surface area contributed by atoms with Crippen LogP contribution in [-0.2, 0) is 0 Å². The molecule has 0 saturated heterocycles. The van der Waals surface area contributed by atoms with Crippen molar-refractivity contribution in [1.82, 2.24) is 0 Å². The van der Waals surface area contributed by atoms with E-state index in [2.05, 4.69) is 30.9 Å². The topological polar surface area (TPSA) is 9.23 Å². The molecule has 1 nitrogen and oxygen atoms in total. The summed E-state index contributed by atoms with van der Waals surface area (Å²) in [6.45, 7) is 2.18. The summed E-state index contributed by atoms with van der Waals surface area (Å²) >= 11 is 0. The fraction of sp³-hybridized carbons (Fsp3) is 0.263. The third-order valence-electron chi connectivity index (χ3n) is 2.99. The van der Waals surface area contributed by atoms with E-state index in [0.29, 0.717) is 0 Å². The van der Waals surface area contributed by atoms with Gasteiger partial charge in [0, 0.05) is 12.0 Å². The molecule has 1 heteroatoms. The molecule has 1 unspecified atom stereocenters. The lowest BCUT2D eigenvalue weighted by Gasteiger charge is -2.14. The second-order valence-electron chi connectivity index (χ2n) is 4.65. The molecule has 2 rings (SSSR count). The summed E-state index contributed by atoms with van der Waals surface area (Å²) in [6, 6.07) is 20.0. The van der Waals surface area contributed by atoms with E-state index in [1.54, 1.807) is 0 Å². The Bertz CT molecular complexity index is 549. The highest BCUT2D eigenvalue weighted by Crippen LogP contribution is 2.21. The van der Waals surface area contributed by atoms with Crippen molar-refractivity contribution >= 4 is 0 Å². The Morgan fingerprint density at radius 1 is 0.950 bits per heavy atom. The molecule has 20 heavy (non-hydrogen) atoms. The van der Waals surface area contributed by atoms with Crippen molar-refractivity contribution in [3.8, 4) is 17.6 Å². The van der Waals surface area contributed by atoms with Crippen LogP contribution in [0.4, 0.5) is 0 Å². The van der Waals surface area contributed by atoms with Crippen LogP contribution in [0.25, 0.3) is 0 Å². The zero-order valence-electron chi connectivity index (χ0n) is 11.9. The van der Waals surface area contributed by atoms with Crippen LogP contribution < -0.4 is 4.74 Å². The van der Waals surface area contributed by atoms with Gasteiger partial charge in [0.15, 0.2) is 6.10 Å². The van der Waals surface area contributed by atoms with Crippen LogP contribution in [-0.4, -0.2) is 0 Å². The number of para-hydroxylation sites is 1. The van der Waals surface area contributed by atoms with Crippen LogP contribution in [0.1, 0.15) is 37.9 Å². The fourth-order valence-corrected chi connectivity index (χ4v) is 1.87. The molecule has 0 radical (unpaired) electrons. The Balaban J connectivity index is 2.13. The van der Waals surface area contributed by atoms with E-state index in [1.165, 1.54) is 6.42 Å². The van der Waals surface area contributed by atoms with E-state index >= 15 is 0 Å². The molecular weight excluding hydrogens is 244 g/mol. The van der Waals surface area contributed by atoms with Gasteiger partial charge in [0.05, 0.1) is 0 Å². The maximum absolute atomic E-state index is 6.01. The van der Waals surface area contributed by atoms with Crippen molar-refractivity contribution in [3.63, 3.8) is 0 Å². The SMILES string of the molecule is CCCCC#CC(Oc1ccccc1)c1ccccc1. The number of unbranched alkanes of at least 4 members (excludes halogenated alkanes) is 2. The highest BCUT2D eigenvalue weighted by Gasteiger charge is 2.09. The molecule has 0 heterocycles. The van der Waals surface area contributed by atoms with Gasteiger partial charge < -0.3 is 4.74 Å². The minimum absolute atomic E-state index is 0.199. The monoisotopic (exact) mass is 264 g/mol. The van der Waals surface area contributed by atoms with Crippen molar-refractivity contribution in [1.29, 1.82) is 0 Å². The normalized spacial score (nSPS) is 11.2. The number of ether oxygens (including phenoxy) is 1. The maximum Gasteiger partial charge on any atom is 0.184 e. The average Bonchev–Trinajstić information content (AvgIpc) is 2.52. The summed E-state index contributed by atoms with van der Waals surface area (Å²) in [7, 11) is 0. The summed E-state index contributed by atoms with van der Waals surface area (Å²) in [6.07, 6.45) is 3.04. The molecule has 0 bridgehead atoms. The van der Waals surface area contributed by atoms with Crippen LogP contribution in [0, 0.1) is 11.8 Å².